The van der Waals surface area contributed by atoms with Gasteiger partial charge in [0.15, 0.2) is 5.92 Å². The second-order valence-electron chi connectivity index (χ2n) is 6.18. The van der Waals surface area contributed by atoms with E-state index < -0.39 is 54.3 Å². The van der Waals surface area contributed by atoms with E-state index in [9.17, 15) is 29.1 Å². The van der Waals surface area contributed by atoms with Crippen LogP contribution in [0.1, 0.15) is 12.5 Å². The van der Waals surface area contributed by atoms with Crippen molar-refractivity contribution in [2.45, 2.75) is 19.6 Å². The molecule has 3 N–H and O–H groups in total. The van der Waals surface area contributed by atoms with Gasteiger partial charge in [-0.15, -0.1) is 0 Å². The zero-order chi connectivity index (χ0) is 22.7. The van der Waals surface area contributed by atoms with Crippen LogP contribution >= 0.6 is 0 Å². The van der Waals surface area contributed by atoms with Crippen LogP contribution in [-0.4, -0.2) is 61.8 Å². The van der Waals surface area contributed by atoms with E-state index in [0.717, 1.165) is 19.8 Å². The van der Waals surface area contributed by atoms with Crippen molar-refractivity contribution in [3.05, 3.63) is 35.9 Å². The molecule has 0 unspecified atom stereocenters. The van der Waals surface area contributed by atoms with Crippen LogP contribution in [0.2, 0.25) is 0 Å². The van der Waals surface area contributed by atoms with E-state index in [1.54, 1.807) is 30.3 Å². The molecule has 1 rings (SSSR count). The van der Waals surface area contributed by atoms with Gasteiger partial charge in [0.1, 0.15) is 19.2 Å². The standard InChI is InChI=1S/C19H24N2O9/c1-11(14(17(25)28-2)18(26)29-3)15(16(23)24)21-13(22)9-20-19(27)30-10-12-7-5-4-6-8-12/h4-8,11,14-15H,9-10H2,1-3H3,(H,20,27)(H,21,22)(H,23,24)/t11-,15-/m0/s1. The number of hydrogen-bond donors (Lipinski definition) is 3. The lowest BCUT2D eigenvalue weighted by Gasteiger charge is -2.26. The summed E-state index contributed by atoms with van der Waals surface area (Å²) >= 11 is 0. The molecule has 0 heterocycles. The van der Waals surface area contributed by atoms with Gasteiger partial charge in [-0.05, 0) is 5.56 Å². The van der Waals surface area contributed by atoms with Gasteiger partial charge >= 0.3 is 24.0 Å². The van der Waals surface area contributed by atoms with Gasteiger partial charge in [-0.3, -0.25) is 14.4 Å². The molecule has 0 bridgehead atoms. The van der Waals surface area contributed by atoms with Crippen molar-refractivity contribution in [3.8, 4) is 0 Å². The summed E-state index contributed by atoms with van der Waals surface area (Å²) in [6.07, 6.45) is -0.879. The average molecular weight is 424 g/mol. The van der Waals surface area contributed by atoms with Crippen LogP contribution in [-0.2, 0) is 40.0 Å². The number of carboxylic acids is 1. The van der Waals surface area contributed by atoms with Crippen LogP contribution in [0, 0.1) is 11.8 Å². The maximum absolute atomic E-state index is 12.1. The fourth-order valence-corrected chi connectivity index (χ4v) is 2.54. The van der Waals surface area contributed by atoms with Crippen LogP contribution in [0.3, 0.4) is 0 Å². The Balaban J connectivity index is 2.65. The number of esters is 2. The van der Waals surface area contributed by atoms with Crippen molar-refractivity contribution in [2.75, 3.05) is 20.8 Å². The molecule has 0 aliphatic carbocycles. The summed E-state index contributed by atoms with van der Waals surface area (Å²) in [7, 11) is 2.06. The van der Waals surface area contributed by atoms with Gasteiger partial charge in [-0.25, -0.2) is 9.59 Å². The summed E-state index contributed by atoms with van der Waals surface area (Å²) in [6, 6.07) is 7.22. The highest BCUT2D eigenvalue weighted by atomic mass is 16.6. The lowest BCUT2D eigenvalue weighted by molar-refractivity contribution is -0.163. The van der Waals surface area contributed by atoms with Crippen molar-refractivity contribution in [1.82, 2.24) is 10.6 Å². The first-order valence-electron chi connectivity index (χ1n) is 8.83. The van der Waals surface area contributed by atoms with Gasteiger partial charge in [-0.2, -0.15) is 0 Å². The molecule has 0 aliphatic heterocycles. The van der Waals surface area contributed by atoms with E-state index in [1.807, 2.05) is 0 Å². The van der Waals surface area contributed by atoms with E-state index in [-0.39, 0.29) is 6.61 Å². The van der Waals surface area contributed by atoms with Crippen molar-refractivity contribution < 1.29 is 43.3 Å². The number of methoxy groups -OCH3 is 2. The molecule has 2 atom stereocenters. The number of nitrogens with one attached hydrogen (secondary N) is 2. The zero-order valence-electron chi connectivity index (χ0n) is 16.7. The third-order valence-corrected chi connectivity index (χ3v) is 4.15. The average Bonchev–Trinajstić information content (AvgIpc) is 2.74. The number of rotatable bonds is 10. The maximum Gasteiger partial charge on any atom is 0.407 e. The fraction of sp³-hybridized carbons (Fsp3) is 0.421. The Labute approximate surface area is 172 Å². The van der Waals surface area contributed by atoms with Crippen LogP contribution in [0.15, 0.2) is 30.3 Å². The van der Waals surface area contributed by atoms with Gasteiger partial charge in [0.25, 0.3) is 0 Å². The molecule has 0 spiro atoms. The molecule has 0 radical (unpaired) electrons. The summed E-state index contributed by atoms with van der Waals surface area (Å²) in [6.45, 7) is 0.688. The van der Waals surface area contributed by atoms with E-state index in [0.29, 0.717) is 0 Å². The Morgan fingerprint density at radius 2 is 1.57 bits per heavy atom. The van der Waals surface area contributed by atoms with Crippen molar-refractivity contribution in [3.63, 3.8) is 0 Å². The number of carbonyl (C=O) groups is 5. The van der Waals surface area contributed by atoms with Crippen LogP contribution in [0.25, 0.3) is 0 Å². The lowest BCUT2D eigenvalue weighted by Crippen LogP contribution is -2.52. The minimum Gasteiger partial charge on any atom is -0.480 e. The maximum atomic E-state index is 12.1. The summed E-state index contributed by atoms with van der Waals surface area (Å²) in [5.41, 5.74) is 0.744. The van der Waals surface area contributed by atoms with Gasteiger partial charge < -0.3 is 30.0 Å². The molecule has 0 aliphatic rings. The molecule has 0 aromatic heterocycles. The Morgan fingerprint density at radius 1 is 1.00 bits per heavy atom. The summed E-state index contributed by atoms with van der Waals surface area (Å²) in [4.78, 5) is 59.1. The predicted octanol–water partition coefficient (Wildman–Crippen LogP) is 0.0805. The number of carbonyl (C=O) groups excluding carboxylic acids is 4. The Hall–Kier alpha value is -3.63. The van der Waals surface area contributed by atoms with Gasteiger partial charge in [0.05, 0.1) is 14.2 Å². The number of carboxylic acid groups (broad SMARTS) is 1. The second kappa shape index (κ2) is 12.0. The Morgan fingerprint density at radius 3 is 2.07 bits per heavy atom. The Kier molecular flexibility index (Phi) is 9.80. The van der Waals surface area contributed by atoms with E-state index >= 15 is 0 Å². The minimum atomic E-state index is -1.62. The van der Waals surface area contributed by atoms with Gasteiger partial charge in [0.2, 0.25) is 5.91 Å². The number of alkyl carbamates (subject to hydrolysis) is 1. The molecule has 1 aromatic carbocycles. The first-order valence-corrected chi connectivity index (χ1v) is 8.83. The number of ether oxygens (including phenoxy) is 3. The summed E-state index contributed by atoms with van der Waals surface area (Å²) in [5, 5.41) is 13.8. The first-order chi connectivity index (χ1) is 14.2. The molecule has 1 aromatic rings. The quantitative estimate of drug-likeness (QED) is 0.269. The number of amides is 2. The van der Waals surface area contributed by atoms with Crippen LogP contribution in [0.5, 0.6) is 0 Å². The molecule has 0 fully saturated rings. The zero-order valence-corrected chi connectivity index (χ0v) is 16.7. The smallest absolute Gasteiger partial charge is 0.407 e. The van der Waals surface area contributed by atoms with Gasteiger partial charge in [0, 0.05) is 5.92 Å². The molecular formula is C19H24N2O9. The van der Waals surface area contributed by atoms with Crippen LogP contribution < -0.4 is 10.6 Å². The number of hydrogen-bond acceptors (Lipinski definition) is 8. The topological polar surface area (TPSA) is 157 Å². The Bertz CT molecular complexity index is 751. The van der Waals surface area contributed by atoms with Gasteiger partial charge in [-0.1, -0.05) is 37.3 Å². The van der Waals surface area contributed by atoms with Crippen molar-refractivity contribution in [1.29, 1.82) is 0 Å². The predicted molar refractivity (Wildman–Crippen MR) is 101 cm³/mol. The normalized spacial score (nSPS) is 12.3. The lowest BCUT2D eigenvalue weighted by atomic mass is 9.87. The first kappa shape index (κ1) is 24.4. The third-order valence-electron chi connectivity index (χ3n) is 4.15. The number of benzene rings is 1. The monoisotopic (exact) mass is 424 g/mol. The highest BCUT2D eigenvalue weighted by Crippen LogP contribution is 2.19. The number of aliphatic carboxylic acids is 1. The molecule has 164 valence electrons. The SMILES string of the molecule is COC(=O)C(C(=O)OC)[C@H](C)[C@H](NC(=O)CNC(=O)OCc1ccccc1)C(=O)O. The van der Waals surface area contributed by atoms with E-state index in [2.05, 4.69) is 20.1 Å². The minimum absolute atomic E-state index is 0.0109. The van der Waals surface area contributed by atoms with Crippen molar-refractivity contribution in [2.24, 2.45) is 11.8 Å². The molecule has 2 amide bonds. The highest BCUT2D eigenvalue weighted by molar-refractivity contribution is 5.96. The summed E-state index contributed by atoms with van der Waals surface area (Å²) in [5.74, 6) is -7.11. The van der Waals surface area contributed by atoms with E-state index in [4.69, 9.17) is 4.74 Å². The molecule has 11 nitrogen and oxygen atoms in total. The molecule has 30 heavy (non-hydrogen) atoms. The van der Waals surface area contributed by atoms with Crippen LogP contribution in [0.4, 0.5) is 4.79 Å². The molecule has 0 saturated heterocycles. The third kappa shape index (κ3) is 7.41. The largest absolute Gasteiger partial charge is 0.480 e. The highest BCUT2D eigenvalue weighted by Gasteiger charge is 2.42. The summed E-state index contributed by atoms with van der Waals surface area (Å²) < 4.78 is 14.0. The van der Waals surface area contributed by atoms with Crippen molar-refractivity contribution >= 4 is 29.9 Å². The molecule has 11 heteroatoms. The second-order valence-corrected chi connectivity index (χ2v) is 6.18. The fourth-order valence-electron chi connectivity index (χ4n) is 2.54. The molecule has 0 saturated carbocycles. The van der Waals surface area contributed by atoms with E-state index in [1.165, 1.54) is 6.92 Å². The molecular weight excluding hydrogens is 400 g/mol.